The first-order valence-electron chi connectivity index (χ1n) is 4.40. The predicted molar refractivity (Wildman–Crippen MR) is 56.9 cm³/mol. The summed E-state index contributed by atoms with van der Waals surface area (Å²) in [7, 11) is 0. The molecule has 1 aromatic heterocycles. The number of pyridine rings is 1. The van der Waals surface area contributed by atoms with Crippen molar-refractivity contribution < 1.29 is 5.11 Å². The van der Waals surface area contributed by atoms with Gasteiger partial charge in [0.1, 0.15) is 0 Å². The molecule has 78 valence electrons. The van der Waals surface area contributed by atoms with Gasteiger partial charge in [-0.3, -0.25) is 0 Å². The highest BCUT2D eigenvalue weighted by Crippen LogP contribution is 2.22. The average Bonchev–Trinajstić information content (AvgIpc) is 2.20. The summed E-state index contributed by atoms with van der Waals surface area (Å²) in [6, 6.07) is 1.28. The van der Waals surface area contributed by atoms with Crippen LogP contribution >= 0.6 is 11.6 Å². The van der Waals surface area contributed by atoms with Crippen molar-refractivity contribution >= 4 is 17.3 Å². The zero-order valence-electron chi connectivity index (χ0n) is 7.94. The van der Waals surface area contributed by atoms with E-state index in [9.17, 15) is 5.11 Å². The van der Waals surface area contributed by atoms with Crippen molar-refractivity contribution in [3.63, 3.8) is 0 Å². The Hall–Kier alpha value is -0.840. The maximum absolute atomic E-state index is 9.74. The van der Waals surface area contributed by atoms with Crippen LogP contribution in [0.2, 0.25) is 5.15 Å². The lowest BCUT2D eigenvalue weighted by Gasteiger charge is -2.17. The normalized spacial score (nSPS) is 15.1. The molecule has 0 bridgehead atoms. The second kappa shape index (κ2) is 4.59. The quantitative estimate of drug-likeness (QED) is 0.659. The monoisotopic (exact) mass is 215 g/mol. The van der Waals surface area contributed by atoms with E-state index < -0.39 is 6.10 Å². The van der Waals surface area contributed by atoms with E-state index in [1.165, 1.54) is 6.20 Å². The Labute approximate surface area is 87.9 Å². The molecule has 0 aliphatic heterocycles. The van der Waals surface area contributed by atoms with Crippen LogP contribution in [0.4, 0.5) is 5.69 Å². The largest absolute Gasteiger partial charge is 0.396 e. The van der Waals surface area contributed by atoms with Gasteiger partial charge in [0.05, 0.1) is 11.8 Å². The Bertz CT molecular complexity index is 319. The molecule has 0 aromatic carbocycles. The lowest BCUT2D eigenvalue weighted by atomic mass is 10.0. The number of aromatic nitrogens is 1. The van der Waals surface area contributed by atoms with E-state index in [0.29, 0.717) is 17.7 Å². The van der Waals surface area contributed by atoms with Crippen LogP contribution in [0, 0.1) is 0 Å². The first-order chi connectivity index (χ1) is 6.56. The summed E-state index contributed by atoms with van der Waals surface area (Å²) in [4.78, 5) is 3.84. The second-order valence-corrected chi connectivity index (χ2v) is 3.52. The second-order valence-electron chi connectivity index (χ2n) is 3.17. The number of rotatable bonds is 3. The van der Waals surface area contributed by atoms with Crippen LogP contribution in [-0.2, 0) is 0 Å². The maximum Gasteiger partial charge on any atom is 0.151 e. The van der Waals surface area contributed by atoms with Gasteiger partial charge in [-0.2, -0.15) is 0 Å². The van der Waals surface area contributed by atoms with E-state index in [4.69, 9.17) is 23.1 Å². The van der Waals surface area contributed by atoms with E-state index in [1.807, 2.05) is 6.92 Å². The summed E-state index contributed by atoms with van der Waals surface area (Å²) in [5.74, 6) is 0. The zero-order chi connectivity index (χ0) is 10.7. The molecule has 0 saturated carbocycles. The molecule has 0 aliphatic carbocycles. The van der Waals surface area contributed by atoms with Crippen molar-refractivity contribution in [3.05, 3.63) is 23.0 Å². The Kier molecular flexibility index (Phi) is 3.69. The fourth-order valence-corrected chi connectivity index (χ4v) is 1.22. The summed E-state index contributed by atoms with van der Waals surface area (Å²) in [6.07, 6.45) is 1.43. The number of anilines is 1. The highest BCUT2D eigenvalue weighted by atomic mass is 35.5. The molecule has 0 unspecified atom stereocenters. The average molecular weight is 216 g/mol. The minimum absolute atomic E-state index is 0.242. The summed E-state index contributed by atoms with van der Waals surface area (Å²) in [6.45, 7) is 1.90. The number of nitrogens with zero attached hydrogens (tertiary/aromatic N) is 1. The molecule has 14 heavy (non-hydrogen) atoms. The van der Waals surface area contributed by atoms with Crippen molar-refractivity contribution in [2.24, 2.45) is 5.73 Å². The number of nitrogens with two attached hydrogens (primary N) is 2. The third-order valence-corrected chi connectivity index (χ3v) is 2.42. The summed E-state index contributed by atoms with van der Waals surface area (Å²) >= 11 is 5.65. The fraction of sp³-hybridized carbons (Fsp3) is 0.444. The smallest absolute Gasteiger partial charge is 0.151 e. The Morgan fingerprint density at radius 2 is 2.29 bits per heavy atom. The molecule has 1 rings (SSSR count). The molecule has 1 aromatic rings. The third-order valence-electron chi connectivity index (χ3n) is 2.11. The highest BCUT2D eigenvalue weighted by Gasteiger charge is 2.16. The van der Waals surface area contributed by atoms with Gasteiger partial charge in [-0.15, -0.1) is 0 Å². The summed E-state index contributed by atoms with van der Waals surface area (Å²) in [5, 5.41) is 9.98. The molecule has 5 heteroatoms. The minimum atomic E-state index is -0.743. The van der Waals surface area contributed by atoms with E-state index in [0.717, 1.165) is 0 Å². The van der Waals surface area contributed by atoms with Crippen LogP contribution in [0.3, 0.4) is 0 Å². The van der Waals surface area contributed by atoms with E-state index in [1.54, 1.807) is 6.07 Å². The van der Waals surface area contributed by atoms with Gasteiger partial charge in [0.2, 0.25) is 0 Å². The molecule has 1 heterocycles. The van der Waals surface area contributed by atoms with Gasteiger partial charge < -0.3 is 16.6 Å². The van der Waals surface area contributed by atoms with Gasteiger partial charge in [0, 0.05) is 17.8 Å². The molecule has 0 saturated heterocycles. The van der Waals surface area contributed by atoms with Gasteiger partial charge in [-0.05, 0) is 12.5 Å². The van der Waals surface area contributed by atoms with Crippen LogP contribution in [-0.4, -0.2) is 16.1 Å². The minimum Gasteiger partial charge on any atom is -0.396 e. The lowest BCUT2D eigenvalue weighted by molar-refractivity contribution is 0.144. The highest BCUT2D eigenvalue weighted by molar-refractivity contribution is 6.31. The van der Waals surface area contributed by atoms with Crippen molar-refractivity contribution in [2.45, 2.75) is 25.5 Å². The molecule has 0 amide bonds. The molecule has 0 spiro atoms. The molecule has 0 aliphatic rings. The predicted octanol–water partition coefficient (Wildman–Crippen LogP) is 1.09. The molecule has 5 N–H and O–H groups in total. The van der Waals surface area contributed by atoms with Crippen LogP contribution in [0.15, 0.2) is 12.3 Å². The van der Waals surface area contributed by atoms with Crippen molar-refractivity contribution in [2.75, 3.05) is 5.73 Å². The van der Waals surface area contributed by atoms with Crippen molar-refractivity contribution in [1.82, 2.24) is 4.98 Å². The van der Waals surface area contributed by atoms with E-state index >= 15 is 0 Å². The number of hydrogen-bond donors (Lipinski definition) is 3. The van der Waals surface area contributed by atoms with Crippen LogP contribution in [0.5, 0.6) is 0 Å². The number of halogens is 1. The molecule has 0 radical (unpaired) electrons. The van der Waals surface area contributed by atoms with Gasteiger partial charge >= 0.3 is 0 Å². The van der Waals surface area contributed by atoms with Gasteiger partial charge in [0.15, 0.2) is 5.15 Å². The molecule has 4 nitrogen and oxygen atoms in total. The zero-order valence-corrected chi connectivity index (χ0v) is 8.70. The first-order valence-corrected chi connectivity index (χ1v) is 4.78. The Balaban J connectivity index is 2.91. The van der Waals surface area contributed by atoms with Gasteiger partial charge in [0.25, 0.3) is 0 Å². The third kappa shape index (κ3) is 2.35. The maximum atomic E-state index is 9.74. The summed E-state index contributed by atoms with van der Waals surface area (Å²) < 4.78 is 0. The van der Waals surface area contributed by atoms with Crippen molar-refractivity contribution in [3.8, 4) is 0 Å². The number of aliphatic hydroxyl groups excluding tert-OH is 1. The van der Waals surface area contributed by atoms with Crippen molar-refractivity contribution in [1.29, 1.82) is 0 Å². The number of hydrogen-bond acceptors (Lipinski definition) is 4. The van der Waals surface area contributed by atoms with E-state index in [-0.39, 0.29) is 11.2 Å². The lowest BCUT2D eigenvalue weighted by Crippen LogP contribution is -2.27. The molecule has 2 atom stereocenters. The molecular formula is C9H14ClN3O. The molecular weight excluding hydrogens is 202 g/mol. The number of nitrogen functional groups attached to an aromatic ring is 1. The molecule has 0 fully saturated rings. The van der Waals surface area contributed by atoms with Crippen LogP contribution in [0.25, 0.3) is 0 Å². The first kappa shape index (κ1) is 11.2. The van der Waals surface area contributed by atoms with Crippen LogP contribution < -0.4 is 11.5 Å². The Morgan fingerprint density at radius 3 is 2.79 bits per heavy atom. The fourth-order valence-electron chi connectivity index (χ4n) is 1.11. The van der Waals surface area contributed by atoms with Gasteiger partial charge in [-0.25, -0.2) is 4.98 Å². The summed E-state index contributed by atoms with van der Waals surface area (Å²) in [5.41, 5.74) is 12.2. The van der Waals surface area contributed by atoms with Crippen LogP contribution in [0.1, 0.15) is 25.0 Å². The topological polar surface area (TPSA) is 85.2 Å². The standard InChI is InChI=1S/C9H14ClN3O/c1-2-6(11)8(14)5-3-7(12)9(10)13-4-5/h3-4,6,8,14H,2,11-12H2,1H3/t6-,8+/m0/s1. The number of aliphatic hydroxyl groups is 1. The van der Waals surface area contributed by atoms with E-state index in [2.05, 4.69) is 4.98 Å². The van der Waals surface area contributed by atoms with Gasteiger partial charge in [-0.1, -0.05) is 18.5 Å². The SMILES string of the molecule is CC[C@H](N)[C@H](O)c1cnc(Cl)c(N)c1. The Morgan fingerprint density at radius 1 is 1.64 bits per heavy atom.